The van der Waals surface area contributed by atoms with Crippen LogP contribution in [-0.4, -0.2) is 44.6 Å². The van der Waals surface area contributed by atoms with Gasteiger partial charge in [-0.3, -0.25) is 15.0 Å². The Balaban J connectivity index is 2.02. The highest BCUT2D eigenvalue weighted by molar-refractivity contribution is 8.00. The maximum absolute atomic E-state index is 14.8. The van der Waals surface area contributed by atoms with Gasteiger partial charge in [0.2, 0.25) is 5.88 Å². The van der Waals surface area contributed by atoms with E-state index in [0.29, 0.717) is 27.5 Å². The molecule has 1 aromatic heterocycles. The van der Waals surface area contributed by atoms with E-state index in [-0.39, 0.29) is 5.69 Å². The van der Waals surface area contributed by atoms with Crippen molar-refractivity contribution >= 4 is 53.2 Å². The quantitative estimate of drug-likeness (QED) is 0.459. The molecule has 2 aromatic rings. The van der Waals surface area contributed by atoms with Gasteiger partial charge in [-0.05, 0) is 61.0 Å². The number of ether oxygens (including phenoxy) is 1. The van der Waals surface area contributed by atoms with Crippen LogP contribution in [0.5, 0.6) is 5.88 Å². The molecule has 10 heteroatoms. The number of pyridine rings is 1. The molecule has 1 aliphatic rings. The minimum atomic E-state index is -0.397. The fraction of sp³-hybridized carbons (Fsp3) is 0.182. The SMILES string of the molecule is C=N/C=C1/C=C(c2cc(NSc3cc(Cl)cnc3OC)c(F)cc2C)C(=NC)NC1=NC. The molecular weight excluding hydrogens is 451 g/mol. The summed E-state index contributed by atoms with van der Waals surface area (Å²) in [6.07, 6.45) is 4.99. The second-order valence-electron chi connectivity index (χ2n) is 6.61. The number of aromatic nitrogens is 1. The zero-order chi connectivity index (χ0) is 23.3. The van der Waals surface area contributed by atoms with Gasteiger partial charge in [-0.25, -0.2) is 9.37 Å². The van der Waals surface area contributed by atoms with Gasteiger partial charge < -0.3 is 14.8 Å². The second kappa shape index (κ2) is 10.4. The number of aliphatic imine (C=N–C) groups is 3. The van der Waals surface area contributed by atoms with Crippen molar-refractivity contribution in [3.05, 3.63) is 64.2 Å². The van der Waals surface area contributed by atoms with E-state index < -0.39 is 5.82 Å². The van der Waals surface area contributed by atoms with Crippen molar-refractivity contribution in [1.82, 2.24) is 10.3 Å². The third kappa shape index (κ3) is 5.00. The Morgan fingerprint density at radius 3 is 2.66 bits per heavy atom. The summed E-state index contributed by atoms with van der Waals surface area (Å²) >= 11 is 7.19. The molecule has 2 N–H and O–H groups in total. The molecule has 0 radical (unpaired) electrons. The van der Waals surface area contributed by atoms with E-state index in [9.17, 15) is 4.39 Å². The number of benzene rings is 1. The van der Waals surface area contributed by atoms with Crippen LogP contribution < -0.4 is 14.8 Å². The number of hydrogen-bond acceptors (Lipinski definition) is 7. The summed E-state index contributed by atoms with van der Waals surface area (Å²) in [6.45, 7) is 5.36. The lowest BCUT2D eigenvalue weighted by Gasteiger charge is -2.23. The minimum Gasteiger partial charge on any atom is -0.480 e. The Bertz CT molecular complexity index is 1180. The summed E-state index contributed by atoms with van der Waals surface area (Å²) in [6, 6.07) is 4.89. The van der Waals surface area contributed by atoms with Gasteiger partial charge >= 0.3 is 0 Å². The van der Waals surface area contributed by atoms with E-state index in [1.807, 2.05) is 13.0 Å². The van der Waals surface area contributed by atoms with Crippen molar-refractivity contribution < 1.29 is 9.13 Å². The Labute approximate surface area is 195 Å². The highest BCUT2D eigenvalue weighted by Gasteiger charge is 2.22. The van der Waals surface area contributed by atoms with Crippen LogP contribution in [0.15, 0.2) is 62.1 Å². The molecule has 1 aliphatic heterocycles. The Morgan fingerprint density at radius 2 is 2.00 bits per heavy atom. The summed E-state index contributed by atoms with van der Waals surface area (Å²) < 4.78 is 23.1. The molecule has 0 aliphatic carbocycles. The molecular formula is C22H22ClFN6OS. The first-order valence-electron chi connectivity index (χ1n) is 9.43. The molecule has 32 heavy (non-hydrogen) atoms. The highest BCUT2D eigenvalue weighted by Crippen LogP contribution is 2.34. The van der Waals surface area contributed by atoms with E-state index >= 15 is 0 Å². The third-order valence-electron chi connectivity index (χ3n) is 4.60. The summed E-state index contributed by atoms with van der Waals surface area (Å²) in [5.74, 6) is 1.22. The number of anilines is 1. The zero-order valence-electron chi connectivity index (χ0n) is 18.0. The number of nitrogens with zero attached hydrogens (tertiary/aromatic N) is 4. The van der Waals surface area contributed by atoms with Crippen LogP contribution >= 0.6 is 23.5 Å². The molecule has 0 bridgehead atoms. The lowest BCUT2D eigenvalue weighted by Crippen LogP contribution is -2.36. The lowest BCUT2D eigenvalue weighted by atomic mass is 9.94. The van der Waals surface area contributed by atoms with E-state index in [1.165, 1.54) is 19.4 Å². The smallest absolute Gasteiger partial charge is 0.228 e. The van der Waals surface area contributed by atoms with E-state index in [2.05, 4.69) is 36.7 Å². The van der Waals surface area contributed by atoms with Crippen LogP contribution in [0.3, 0.4) is 0 Å². The largest absolute Gasteiger partial charge is 0.480 e. The van der Waals surface area contributed by atoms with Crippen molar-refractivity contribution in [2.24, 2.45) is 15.0 Å². The molecule has 7 nitrogen and oxygen atoms in total. The van der Waals surface area contributed by atoms with Gasteiger partial charge in [-0.15, -0.1) is 0 Å². The number of rotatable bonds is 6. The maximum Gasteiger partial charge on any atom is 0.228 e. The molecule has 0 atom stereocenters. The second-order valence-corrected chi connectivity index (χ2v) is 7.89. The van der Waals surface area contributed by atoms with Gasteiger partial charge in [0, 0.05) is 37.6 Å². The van der Waals surface area contributed by atoms with Crippen LogP contribution in [0.1, 0.15) is 11.1 Å². The number of methoxy groups -OCH3 is 1. The molecule has 0 saturated heterocycles. The van der Waals surface area contributed by atoms with Crippen LogP contribution in [0.25, 0.3) is 5.57 Å². The van der Waals surface area contributed by atoms with Gasteiger partial charge in [0.1, 0.15) is 17.5 Å². The third-order valence-corrected chi connectivity index (χ3v) is 5.64. The molecule has 1 aromatic carbocycles. The average molecular weight is 473 g/mol. The summed E-state index contributed by atoms with van der Waals surface area (Å²) in [5, 5.41) is 3.64. The van der Waals surface area contributed by atoms with Gasteiger partial charge in [0.05, 0.1) is 22.7 Å². The molecule has 0 spiro atoms. The first kappa shape index (κ1) is 23.5. The van der Waals surface area contributed by atoms with Crippen LogP contribution in [0.2, 0.25) is 5.02 Å². The first-order valence-corrected chi connectivity index (χ1v) is 10.6. The average Bonchev–Trinajstić information content (AvgIpc) is 2.78. The van der Waals surface area contributed by atoms with Crippen LogP contribution in [-0.2, 0) is 0 Å². The molecule has 2 heterocycles. The summed E-state index contributed by atoms with van der Waals surface area (Å²) in [7, 11) is 4.86. The maximum atomic E-state index is 14.8. The molecule has 0 unspecified atom stereocenters. The van der Waals surface area contributed by atoms with E-state index in [0.717, 1.165) is 34.2 Å². The van der Waals surface area contributed by atoms with E-state index in [4.69, 9.17) is 16.3 Å². The number of nitrogens with one attached hydrogen (secondary N) is 2. The Hall–Kier alpha value is -3.17. The van der Waals surface area contributed by atoms with Gasteiger partial charge in [0.15, 0.2) is 0 Å². The van der Waals surface area contributed by atoms with Crippen molar-refractivity contribution in [2.75, 3.05) is 25.9 Å². The Kier molecular flexibility index (Phi) is 7.66. The zero-order valence-corrected chi connectivity index (χ0v) is 19.6. The number of amidine groups is 2. The molecule has 0 amide bonds. The highest BCUT2D eigenvalue weighted by atomic mass is 35.5. The molecule has 166 valence electrons. The van der Waals surface area contributed by atoms with Gasteiger partial charge in [0.25, 0.3) is 0 Å². The standard InChI is InChI=1S/C22H22ClFN6OS/c1-12-6-17(24)18(30-32-19-8-14(23)11-28-22(19)31-5)9-15(12)16-7-13(10-25-2)20(26-3)29-21(16)27-4/h6-11,30H,2H2,1,3-5H3,(H,26,27,29)/b13-10-. The van der Waals surface area contributed by atoms with Crippen molar-refractivity contribution in [2.45, 2.75) is 11.8 Å². The molecule has 0 saturated carbocycles. The lowest BCUT2D eigenvalue weighted by molar-refractivity contribution is 0.387. The fourth-order valence-electron chi connectivity index (χ4n) is 3.09. The van der Waals surface area contributed by atoms with Gasteiger partial charge in [-0.1, -0.05) is 11.6 Å². The summed E-state index contributed by atoms with van der Waals surface area (Å²) in [4.78, 5) is 17.2. The summed E-state index contributed by atoms with van der Waals surface area (Å²) in [5.41, 5.74) is 3.35. The predicted molar refractivity (Wildman–Crippen MR) is 132 cm³/mol. The number of aryl methyl sites for hydroxylation is 1. The van der Waals surface area contributed by atoms with Gasteiger partial charge in [-0.2, -0.15) is 0 Å². The minimum absolute atomic E-state index is 0.288. The predicted octanol–water partition coefficient (Wildman–Crippen LogP) is 4.94. The Morgan fingerprint density at radius 1 is 1.25 bits per heavy atom. The number of hydrogen-bond donors (Lipinski definition) is 2. The van der Waals surface area contributed by atoms with Crippen molar-refractivity contribution in [3.8, 4) is 5.88 Å². The molecule has 0 fully saturated rings. The van der Waals surface area contributed by atoms with Crippen molar-refractivity contribution in [1.29, 1.82) is 0 Å². The normalized spacial score (nSPS) is 17.3. The topological polar surface area (TPSA) is 83.3 Å². The van der Waals surface area contributed by atoms with E-state index in [1.54, 1.807) is 32.4 Å². The first-order chi connectivity index (χ1) is 15.4. The van der Waals surface area contributed by atoms with Crippen molar-refractivity contribution in [3.63, 3.8) is 0 Å². The van der Waals surface area contributed by atoms with Crippen LogP contribution in [0, 0.1) is 12.7 Å². The fourth-order valence-corrected chi connectivity index (χ4v) is 4.10. The van der Waals surface area contributed by atoms with Crippen LogP contribution in [0.4, 0.5) is 10.1 Å². The monoisotopic (exact) mass is 472 g/mol. The number of halogens is 2. The molecule has 3 rings (SSSR count).